The normalized spacial score (nSPS) is 10.6. The molecule has 0 saturated heterocycles. The van der Waals surface area contributed by atoms with E-state index in [1.165, 1.54) is 6.20 Å². The molecule has 6 nitrogen and oxygen atoms in total. The lowest BCUT2D eigenvalue weighted by atomic mass is 10.3. The van der Waals surface area contributed by atoms with Crippen LogP contribution in [0.2, 0.25) is 0 Å². The molecule has 22 heavy (non-hydrogen) atoms. The standard InChI is InChI=1S/C15H13N3O3S/c1-9-6-10(17-15(19)20)7-16-14(9)21-8-13-18-11-4-2-3-5-12(11)22-13/h2-7,17H,8H2,1H3,(H,19,20). The molecule has 3 rings (SSSR count). The second kappa shape index (κ2) is 5.98. The molecule has 1 aromatic carbocycles. The van der Waals surface area contributed by atoms with Crippen molar-refractivity contribution in [3.05, 3.63) is 47.1 Å². The Balaban J connectivity index is 1.71. The van der Waals surface area contributed by atoms with E-state index < -0.39 is 6.09 Å². The molecule has 0 aliphatic rings. The summed E-state index contributed by atoms with van der Waals surface area (Å²) in [6, 6.07) is 9.59. The SMILES string of the molecule is Cc1cc(NC(=O)O)cnc1OCc1nc2ccccc2s1. The van der Waals surface area contributed by atoms with Crippen molar-refractivity contribution in [3.8, 4) is 5.88 Å². The second-order valence-electron chi connectivity index (χ2n) is 4.64. The van der Waals surface area contributed by atoms with Crippen LogP contribution < -0.4 is 10.1 Å². The van der Waals surface area contributed by atoms with E-state index in [0.717, 1.165) is 20.8 Å². The third-order valence-corrected chi connectivity index (χ3v) is 3.96. The number of anilines is 1. The summed E-state index contributed by atoms with van der Waals surface area (Å²) in [7, 11) is 0. The highest BCUT2D eigenvalue weighted by atomic mass is 32.1. The van der Waals surface area contributed by atoms with Crippen LogP contribution in [0.15, 0.2) is 36.5 Å². The molecule has 0 radical (unpaired) electrons. The van der Waals surface area contributed by atoms with Gasteiger partial charge >= 0.3 is 6.09 Å². The van der Waals surface area contributed by atoms with Gasteiger partial charge in [0.1, 0.15) is 11.6 Å². The van der Waals surface area contributed by atoms with Crippen LogP contribution in [0.25, 0.3) is 10.2 Å². The first kappa shape index (κ1) is 14.3. The maximum atomic E-state index is 10.6. The Hall–Kier alpha value is -2.67. The minimum absolute atomic E-state index is 0.332. The fourth-order valence-electron chi connectivity index (χ4n) is 2.02. The number of pyridine rings is 1. The van der Waals surface area contributed by atoms with Crippen LogP contribution in [0.1, 0.15) is 10.6 Å². The van der Waals surface area contributed by atoms with Crippen LogP contribution in [0.4, 0.5) is 10.5 Å². The number of para-hydroxylation sites is 1. The van der Waals surface area contributed by atoms with Crippen molar-refractivity contribution in [1.29, 1.82) is 0 Å². The van der Waals surface area contributed by atoms with E-state index in [2.05, 4.69) is 15.3 Å². The van der Waals surface area contributed by atoms with Crippen molar-refractivity contribution in [1.82, 2.24) is 9.97 Å². The third-order valence-electron chi connectivity index (χ3n) is 2.95. The number of hydrogen-bond donors (Lipinski definition) is 2. The number of aryl methyl sites for hydroxylation is 1. The summed E-state index contributed by atoms with van der Waals surface area (Å²) < 4.78 is 6.79. The van der Waals surface area contributed by atoms with Crippen LogP contribution in [0.3, 0.4) is 0 Å². The number of thiazole rings is 1. The lowest BCUT2D eigenvalue weighted by Crippen LogP contribution is -2.08. The smallest absolute Gasteiger partial charge is 0.409 e. The number of nitrogens with zero attached hydrogens (tertiary/aromatic N) is 2. The van der Waals surface area contributed by atoms with Crippen molar-refractivity contribution in [2.24, 2.45) is 0 Å². The van der Waals surface area contributed by atoms with Gasteiger partial charge in [0, 0.05) is 5.56 Å². The molecule has 1 amide bonds. The Kier molecular flexibility index (Phi) is 3.88. The molecule has 3 aromatic rings. The molecule has 0 aliphatic carbocycles. The number of hydrogen-bond acceptors (Lipinski definition) is 5. The van der Waals surface area contributed by atoms with E-state index in [1.54, 1.807) is 17.4 Å². The van der Waals surface area contributed by atoms with Gasteiger partial charge in [-0.15, -0.1) is 11.3 Å². The molecule has 2 N–H and O–H groups in total. The Morgan fingerprint density at radius 2 is 2.23 bits per heavy atom. The summed E-state index contributed by atoms with van der Waals surface area (Å²) in [5.41, 5.74) is 2.13. The van der Waals surface area contributed by atoms with Gasteiger partial charge in [0.15, 0.2) is 0 Å². The van der Waals surface area contributed by atoms with Crippen molar-refractivity contribution in [2.75, 3.05) is 5.32 Å². The molecule has 0 aliphatic heterocycles. The van der Waals surface area contributed by atoms with Gasteiger partial charge in [-0.25, -0.2) is 14.8 Å². The molecule has 2 aromatic heterocycles. The number of rotatable bonds is 4. The highest BCUT2D eigenvalue weighted by Gasteiger charge is 2.08. The third kappa shape index (κ3) is 3.15. The molecular formula is C15H13N3O3S. The highest BCUT2D eigenvalue weighted by molar-refractivity contribution is 7.18. The zero-order valence-electron chi connectivity index (χ0n) is 11.7. The molecule has 7 heteroatoms. The van der Waals surface area contributed by atoms with Crippen molar-refractivity contribution in [3.63, 3.8) is 0 Å². The average molecular weight is 315 g/mol. The molecule has 0 fully saturated rings. The monoisotopic (exact) mass is 315 g/mol. The zero-order valence-corrected chi connectivity index (χ0v) is 12.6. The molecule has 0 spiro atoms. The minimum atomic E-state index is -1.12. The van der Waals surface area contributed by atoms with Gasteiger partial charge in [0.2, 0.25) is 5.88 Å². The largest absolute Gasteiger partial charge is 0.470 e. The Morgan fingerprint density at radius 3 is 2.95 bits per heavy atom. The van der Waals surface area contributed by atoms with Gasteiger partial charge in [-0.3, -0.25) is 5.32 Å². The molecule has 0 saturated carbocycles. The van der Waals surface area contributed by atoms with E-state index >= 15 is 0 Å². The van der Waals surface area contributed by atoms with E-state index in [4.69, 9.17) is 9.84 Å². The van der Waals surface area contributed by atoms with Gasteiger partial charge in [-0.05, 0) is 25.1 Å². The summed E-state index contributed by atoms with van der Waals surface area (Å²) in [5, 5.41) is 11.8. The fourth-order valence-corrected chi connectivity index (χ4v) is 2.90. The predicted molar refractivity (Wildman–Crippen MR) is 84.6 cm³/mol. The van der Waals surface area contributed by atoms with E-state index in [0.29, 0.717) is 18.2 Å². The number of amides is 1. The number of nitrogens with one attached hydrogen (secondary N) is 1. The maximum absolute atomic E-state index is 10.6. The summed E-state index contributed by atoms with van der Waals surface area (Å²) >= 11 is 1.58. The van der Waals surface area contributed by atoms with Gasteiger partial charge in [-0.1, -0.05) is 12.1 Å². The molecule has 0 unspecified atom stereocenters. The summed E-state index contributed by atoms with van der Waals surface area (Å²) in [4.78, 5) is 19.2. The highest BCUT2D eigenvalue weighted by Crippen LogP contribution is 2.24. The molecule has 2 heterocycles. The van der Waals surface area contributed by atoms with Crippen LogP contribution >= 0.6 is 11.3 Å². The quantitative estimate of drug-likeness (QED) is 0.767. The van der Waals surface area contributed by atoms with Gasteiger partial charge in [0.05, 0.1) is 22.1 Å². The fraction of sp³-hybridized carbons (Fsp3) is 0.133. The topological polar surface area (TPSA) is 84.3 Å². The van der Waals surface area contributed by atoms with E-state index in [9.17, 15) is 4.79 Å². The first-order valence-corrected chi connectivity index (χ1v) is 7.37. The van der Waals surface area contributed by atoms with Crippen LogP contribution in [0, 0.1) is 6.92 Å². The van der Waals surface area contributed by atoms with Gasteiger partial charge in [-0.2, -0.15) is 0 Å². The Morgan fingerprint density at radius 1 is 1.41 bits per heavy atom. The van der Waals surface area contributed by atoms with Gasteiger partial charge < -0.3 is 9.84 Å². The number of aromatic nitrogens is 2. The Labute approximate surface area is 130 Å². The minimum Gasteiger partial charge on any atom is -0.470 e. The molecule has 112 valence electrons. The van der Waals surface area contributed by atoms with E-state index in [1.807, 2.05) is 31.2 Å². The van der Waals surface area contributed by atoms with Crippen molar-refractivity contribution < 1.29 is 14.6 Å². The molecular weight excluding hydrogens is 302 g/mol. The number of carboxylic acid groups (broad SMARTS) is 1. The van der Waals surface area contributed by atoms with Crippen molar-refractivity contribution >= 4 is 33.3 Å². The number of fused-ring (bicyclic) bond motifs is 1. The first-order valence-electron chi connectivity index (χ1n) is 6.55. The maximum Gasteiger partial charge on any atom is 0.409 e. The van der Waals surface area contributed by atoms with E-state index in [-0.39, 0.29) is 0 Å². The first-order chi connectivity index (χ1) is 10.6. The summed E-state index contributed by atoms with van der Waals surface area (Å²) in [6.45, 7) is 2.15. The Bertz CT molecular complexity index is 799. The lowest BCUT2D eigenvalue weighted by Gasteiger charge is -2.08. The number of ether oxygens (including phenoxy) is 1. The zero-order chi connectivity index (χ0) is 15.5. The number of carbonyl (C=O) groups is 1. The number of benzene rings is 1. The average Bonchev–Trinajstić information content (AvgIpc) is 2.88. The van der Waals surface area contributed by atoms with Crippen LogP contribution in [-0.4, -0.2) is 21.2 Å². The van der Waals surface area contributed by atoms with Crippen molar-refractivity contribution in [2.45, 2.75) is 13.5 Å². The summed E-state index contributed by atoms with van der Waals surface area (Å²) in [5.74, 6) is 0.468. The van der Waals surface area contributed by atoms with Gasteiger partial charge in [0.25, 0.3) is 0 Å². The van der Waals surface area contributed by atoms with Crippen LogP contribution in [0.5, 0.6) is 5.88 Å². The molecule has 0 bridgehead atoms. The predicted octanol–water partition coefficient (Wildman–Crippen LogP) is 3.67. The van der Waals surface area contributed by atoms with Crippen LogP contribution in [-0.2, 0) is 6.61 Å². The molecule has 0 atom stereocenters. The lowest BCUT2D eigenvalue weighted by molar-refractivity contribution is 0.209. The second-order valence-corrected chi connectivity index (χ2v) is 5.76. The summed E-state index contributed by atoms with van der Waals surface area (Å²) in [6.07, 6.45) is 0.304.